The van der Waals surface area contributed by atoms with Crippen LogP contribution in [0.25, 0.3) is 0 Å². The number of esters is 1. The lowest BCUT2D eigenvalue weighted by atomic mass is 10.1. The summed E-state index contributed by atoms with van der Waals surface area (Å²) in [5.41, 5.74) is 6.76. The number of hydrogen-bond donors (Lipinski definition) is 2. The van der Waals surface area contributed by atoms with Gasteiger partial charge in [-0.2, -0.15) is 0 Å². The van der Waals surface area contributed by atoms with Crippen molar-refractivity contribution in [2.24, 2.45) is 0 Å². The maximum atomic E-state index is 11.5. The van der Waals surface area contributed by atoms with Gasteiger partial charge < -0.3 is 15.8 Å². The van der Waals surface area contributed by atoms with Crippen LogP contribution in [-0.4, -0.2) is 19.0 Å². The van der Waals surface area contributed by atoms with Gasteiger partial charge in [0.25, 0.3) is 0 Å². The van der Waals surface area contributed by atoms with E-state index in [0.29, 0.717) is 11.3 Å². The van der Waals surface area contributed by atoms with Crippen molar-refractivity contribution in [2.75, 3.05) is 12.8 Å². The quantitative estimate of drug-likeness (QED) is 0.580. The molecule has 0 spiro atoms. The largest absolute Gasteiger partial charge is 0.467 e. The number of benzene rings is 1. The minimum absolute atomic E-state index is 0.299. The second-order valence-electron chi connectivity index (χ2n) is 3.32. The lowest BCUT2D eigenvalue weighted by molar-refractivity contribution is -0.145. The summed E-state index contributed by atoms with van der Waals surface area (Å²) in [5, 5.41) is 2.51. The second-order valence-corrected chi connectivity index (χ2v) is 3.32. The summed E-state index contributed by atoms with van der Waals surface area (Å²) in [6, 6.07) is 5.88. The van der Waals surface area contributed by atoms with Crippen LogP contribution in [0.2, 0.25) is 0 Å². The van der Waals surface area contributed by atoms with Gasteiger partial charge in [-0.15, -0.1) is 0 Å². The van der Waals surface area contributed by atoms with Crippen LogP contribution in [-0.2, 0) is 14.3 Å². The van der Waals surface area contributed by atoms with E-state index in [0.717, 1.165) is 0 Å². The van der Waals surface area contributed by atoms with Crippen LogP contribution >= 0.6 is 0 Å². The van der Waals surface area contributed by atoms with Gasteiger partial charge >= 0.3 is 5.97 Å². The topological polar surface area (TPSA) is 81.4 Å². The van der Waals surface area contributed by atoms with Crippen LogP contribution in [0, 0.1) is 0 Å². The smallest absolute Gasteiger partial charge is 0.333 e. The third-order valence-electron chi connectivity index (χ3n) is 2.05. The minimum atomic E-state index is -0.789. The minimum Gasteiger partial charge on any atom is -0.467 e. The van der Waals surface area contributed by atoms with Gasteiger partial charge in [0.05, 0.1) is 7.11 Å². The molecular formula is C11H14N2O3. The molecule has 1 aromatic carbocycles. The van der Waals surface area contributed by atoms with E-state index in [-0.39, 0.29) is 5.91 Å². The molecular weight excluding hydrogens is 208 g/mol. The van der Waals surface area contributed by atoms with Crippen molar-refractivity contribution in [3.8, 4) is 0 Å². The van der Waals surface area contributed by atoms with Crippen LogP contribution in [0.5, 0.6) is 0 Å². The molecule has 0 aliphatic heterocycles. The summed E-state index contributed by atoms with van der Waals surface area (Å²) < 4.78 is 4.61. The fraction of sp³-hybridized carbons (Fsp3) is 0.273. The van der Waals surface area contributed by atoms with Gasteiger partial charge in [0, 0.05) is 12.6 Å². The van der Waals surface area contributed by atoms with Gasteiger partial charge in [0.15, 0.2) is 6.04 Å². The van der Waals surface area contributed by atoms with Gasteiger partial charge in [0.2, 0.25) is 5.91 Å². The van der Waals surface area contributed by atoms with Crippen LogP contribution in [0.4, 0.5) is 5.69 Å². The zero-order valence-corrected chi connectivity index (χ0v) is 9.19. The van der Waals surface area contributed by atoms with E-state index in [2.05, 4.69) is 10.1 Å². The number of carbonyl (C=O) groups is 2. The molecule has 3 N–H and O–H groups in total. The highest BCUT2D eigenvalue weighted by Crippen LogP contribution is 2.16. The maximum Gasteiger partial charge on any atom is 0.333 e. The van der Waals surface area contributed by atoms with E-state index < -0.39 is 12.0 Å². The van der Waals surface area contributed by atoms with Crippen LogP contribution in [0.1, 0.15) is 18.5 Å². The number of hydrogen-bond acceptors (Lipinski definition) is 4. The molecule has 0 saturated heterocycles. The Morgan fingerprint density at radius 2 is 1.88 bits per heavy atom. The molecule has 5 nitrogen and oxygen atoms in total. The van der Waals surface area contributed by atoms with Crippen molar-refractivity contribution in [1.29, 1.82) is 0 Å². The van der Waals surface area contributed by atoms with E-state index in [1.807, 2.05) is 0 Å². The third kappa shape index (κ3) is 2.98. The summed E-state index contributed by atoms with van der Waals surface area (Å²) in [5.74, 6) is -0.813. The monoisotopic (exact) mass is 222 g/mol. The molecule has 0 aromatic heterocycles. The Bertz CT molecular complexity index is 387. The summed E-state index contributed by atoms with van der Waals surface area (Å²) in [6.45, 7) is 1.34. The standard InChI is InChI=1S/C11H14N2O3/c1-7(14)13-10(11(15)16-2)8-3-5-9(12)6-4-8/h3-6,10H,12H2,1-2H3,(H,13,14)/t10-/m1/s1. The fourth-order valence-electron chi connectivity index (χ4n) is 1.29. The molecule has 0 fully saturated rings. The van der Waals surface area contributed by atoms with Gasteiger partial charge in [-0.25, -0.2) is 4.79 Å². The summed E-state index contributed by atoms with van der Waals surface area (Å²) in [6.07, 6.45) is 0. The number of rotatable bonds is 3. The Hall–Kier alpha value is -2.04. The van der Waals surface area contributed by atoms with Crippen LogP contribution < -0.4 is 11.1 Å². The molecule has 1 rings (SSSR count). The molecule has 0 unspecified atom stereocenters. The number of ether oxygens (including phenoxy) is 1. The molecule has 1 aromatic rings. The first-order valence-electron chi connectivity index (χ1n) is 4.75. The Labute approximate surface area is 93.6 Å². The van der Waals surface area contributed by atoms with Crippen molar-refractivity contribution in [2.45, 2.75) is 13.0 Å². The summed E-state index contributed by atoms with van der Waals surface area (Å²) in [4.78, 5) is 22.4. The number of methoxy groups -OCH3 is 1. The number of amides is 1. The van der Waals surface area contributed by atoms with Gasteiger partial charge in [0.1, 0.15) is 0 Å². The zero-order valence-electron chi connectivity index (χ0n) is 9.19. The fourth-order valence-corrected chi connectivity index (χ4v) is 1.29. The third-order valence-corrected chi connectivity index (χ3v) is 2.05. The molecule has 0 saturated carbocycles. The van der Waals surface area contributed by atoms with Crippen LogP contribution in [0.3, 0.4) is 0 Å². The molecule has 0 aliphatic rings. The van der Waals surface area contributed by atoms with Crippen molar-refractivity contribution < 1.29 is 14.3 Å². The van der Waals surface area contributed by atoms with E-state index >= 15 is 0 Å². The zero-order chi connectivity index (χ0) is 12.1. The second kappa shape index (κ2) is 5.16. The average Bonchev–Trinajstić information content (AvgIpc) is 2.26. The molecule has 0 aliphatic carbocycles. The highest BCUT2D eigenvalue weighted by Gasteiger charge is 2.21. The Morgan fingerprint density at radius 3 is 2.31 bits per heavy atom. The maximum absolute atomic E-state index is 11.5. The van der Waals surface area contributed by atoms with Gasteiger partial charge in [-0.3, -0.25) is 4.79 Å². The number of anilines is 1. The molecule has 0 bridgehead atoms. The Morgan fingerprint density at radius 1 is 1.31 bits per heavy atom. The average molecular weight is 222 g/mol. The van der Waals surface area contributed by atoms with Crippen molar-refractivity contribution >= 4 is 17.6 Å². The number of carbonyl (C=O) groups excluding carboxylic acids is 2. The number of nitrogens with two attached hydrogens (primary N) is 1. The van der Waals surface area contributed by atoms with Crippen molar-refractivity contribution in [1.82, 2.24) is 5.32 Å². The molecule has 0 radical (unpaired) electrons. The van der Waals surface area contributed by atoms with Gasteiger partial charge in [-0.05, 0) is 17.7 Å². The molecule has 86 valence electrons. The van der Waals surface area contributed by atoms with Gasteiger partial charge in [-0.1, -0.05) is 12.1 Å². The van der Waals surface area contributed by atoms with E-state index in [4.69, 9.17) is 5.73 Å². The predicted molar refractivity (Wildman–Crippen MR) is 59.4 cm³/mol. The lowest BCUT2D eigenvalue weighted by Crippen LogP contribution is -2.32. The van der Waals surface area contributed by atoms with E-state index in [1.165, 1.54) is 14.0 Å². The highest BCUT2D eigenvalue weighted by atomic mass is 16.5. The Kier molecular flexibility index (Phi) is 3.88. The molecule has 0 heterocycles. The first-order valence-corrected chi connectivity index (χ1v) is 4.75. The van der Waals surface area contributed by atoms with Crippen molar-refractivity contribution in [3.63, 3.8) is 0 Å². The first-order chi connectivity index (χ1) is 7.54. The lowest BCUT2D eigenvalue weighted by Gasteiger charge is -2.15. The van der Waals surface area contributed by atoms with E-state index in [1.54, 1.807) is 24.3 Å². The van der Waals surface area contributed by atoms with Crippen molar-refractivity contribution in [3.05, 3.63) is 29.8 Å². The highest BCUT2D eigenvalue weighted by molar-refractivity contribution is 5.84. The van der Waals surface area contributed by atoms with E-state index in [9.17, 15) is 9.59 Å². The Balaban J connectivity index is 2.96. The summed E-state index contributed by atoms with van der Waals surface area (Å²) >= 11 is 0. The summed E-state index contributed by atoms with van der Waals surface area (Å²) in [7, 11) is 1.27. The SMILES string of the molecule is COC(=O)[C@H](NC(C)=O)c1ccc(N)cc1. The normalized spacial score (nSPS) is 11.6. The predicted octanol–water partition coefficient (Wildman–Crippen LogP) is 0.619. The first kappa shape index (κ1) is 12.0. The number of nitrogens with one attached hydrogen (secondary N) is 1. The van der Waals surface area contributed by atoms with Crippen LogP contribution in [0.15, 0.2) is 24.3 Å². The molecule has 5 heteroatoms. The molecule has 1 atom stereocenters. The molecule has 1 amide bonds. The molecule has 16 heavy (non-hydrogen) atoms. The number of nitrogen functional groups attached to an aromatic ring is 1.